The highest BCUT2D eigenvalue weighted by atomic mass is 28.3. The van der Waals surface area contributed by atoms with E-state index in [-0.39, 0.29) is 0 Å². The van der Waals surface area contributed by atoms with Crippen LogP contribution < -0.4 is 25.6 Å². The van der Waals surface area contributed by atoms with Crippen LogP contribution in [0.3, 0.4) is 0 Å². The summed E-state index contributed by atoms with van der Waals surface area (Å²) in [5, 5.41) is 12.7. The van der Waals surface area contributed by atoms with Crippen molar-refractivity contribution in [3.63, 3.8) is 0 Å². The number of aromatic nitrogens is 1. The van der Waals surface area contributed by atoms with Gasteiger partial charge in [0.15, 0.2) is 8.07 Å². The third kappa shape index (κ3) is 6.39. The Morgan fingerprint density at radius 1 is 0.338 bits per heavy atom. The topological polar surface area (TPSA) is 8.17 Å². The minimum Gasteiger partial charge on any atom is -0.310 e. The molecule has 0 amide bonds. The first kappa shape index (κ1) is 38.4. The van der Waals surface area contributed by atoms with Crippen molar-refractivity contribution in [1.29, 1.82) is 0 Å². The van der Waals surface area contributed by atoms with Crippen molar-refractivity contribution in [1.82, 2.24) is 4.57 Å². The summed E-state index contributed by atoms with van der Waals surface area (Å²) in [4.78, 5) is 2.52. The number of fused-ring (bicyclic) bond motifs is 6. The van der Waals surface area contributed by atoms with Gasteiger partial charge in [-0.2, -0.15) is 0 Å². The van der Waals surface area contributed by atoms with Crippen LogP contribution in [-0.2, 0) is 0 Å². The van der Waals surface area contributed by atoms with Crippen LogP contribution in [0.1, 0.15) is 0 Å². The maximum Gasteiger partial charge on any atom is 0.179 e. The molecule has 0 aliphatic carbocycles. The highest BCUT2D eigenvalue weighted by Crippen LogP contribution is 2.47. The van der Waals surface area contributed by atoms with Gasteiger partial charge in [0.25, 0.3) is 0 Å². The first-order valence-corrected chi connectivity index (χ1v) is 24.4. The molecule has 11 aromatic carbocycles. The lowest BCUT2D eigenvalue weighted by molar-refractivity contribution is 1.19. The molecule has 0 atom stereocenters. The standard InChI is InChI=1S/C62H44N2Si/c1-5-24-48(25-6-1)64-59-38-18-17-36-58(59)61-60(43-47-22-14-16-35-57(47)62(61)64)63(49-41-39-46(40-42-49)56-37-19-23-45-21-13-15-34-55(45)56)50-26-20-33-54(44-50)65(51-27-7-2-8-28-51,52-29-9-3-10-30-52)53-31-11-4-12-32-53/h1-44H. The lowest BCUT2D eigenvalue weighted by Gasteiger charge is -2.35. The van der Waals surface area contributed by atoms with Crippen LogP contribution in [0, 0.1) is 0 Å². The zero-order chi connectivity index (χ0) is 43.2. The van der Waals surface area contributed by atoms with Crippen LogP contribution >= 0.6 is 0 Å². The van der Waals surface area contributed by atoms with Gasteiger partial charge < -0.3 is 9.47 Å². The zero-order valence-corrected chi connectivity index (χ0v) is 36.8. The number of hydrogen-bond donors (Lipinski definition) is 0. The van der Waals surface area contributed by atoms with Crippen LogP contribution in [-0.4, -0.2) is 12.6 Å². The minimum atomic E-state index is -2.87. The van der Waals surface area contributed by atoms with Gasteiger partial charge in [0.1, 0.15) is 0 Å². The Bertz CT molecular complexity index is 3540. The summed E-state index contributed by atoms with van der Waals surface area (Å²) in [6, 6.07) is 98.7. The number of rotatable bonds is 9. The van der Waals surface area contributed by atoms with Crippen LogP contribution in [0.15, 0.2) is 267 Å². The molecule has 0 unspecified atom stereocenters. The van der Waals surface area contributed by atoms with E-state index in [2.05, 4.69) is 276 Å². The van der Waals surface area contributed by atoms with Crippen molar-refractivity contribution < 1.29 is 0 Å². The SMILES string of the molecule is c1ccc(-n2c3ccccc3c3c(N(c4ccc(-c5cccc6ccccc56)cc4)c4cccc([Si](c5ccccc5)(c5ccccc5)c5ccccc5)c4)cc4ccccc4c32)cc1. The maximum atomic E-state index is 2.52. The van der Waals surface area contributed by atoms with Crippen LogP contribution in [0.4, 0.5) is 17.1 Å². The molecule has 0 saturated heterocycles. The normalized spacial score (nSPS) is 11.7. The summed E-state index contributed by atoms with van der Waals surface area (Å²) in [5.74, 6) is 0. The van der Waals surface area contributed by atoms with Gasteiger partial charge in [-0.25, -0.2) is 0 Å². The van der Waals surface area contributed by atoms with Gasteiger partial charge in [-0.1, -0.05) is 218 Å². The van der Waals surface area contributed by atoms with Crippen molar-refractivity contribution in [3.8, 4) is 16.8 Å². The molecule has 0 radical (unpaired) electrons. The molecule has 65 heavy (non-hydrogen) atoms. The van der Waals surface area contributed by atoms with Gasteiger partial charge in [0.05, 0.1) is 16.7 Å². The average Bonchev–Trinajstić information content (AvgIpc) is 3.74. The number of hydrogen-bond acceptors (Lipinski definition) is 1. The Labute approximate surface area is 380 Å². The second-order valence-electron chi connectivity index (χ2n) is 16.8. The largest absolute Gasteiger partial charge is 0.310 e. The maximum absolute atomic E-state index is 2.87. The van der Waals surface area contributed by atoms with E-state index < -0.39 is 8.07 Å². The van der Waals surface area contributed by atoms with Crippen LogP contribution in [0.25, 0.3) is 60.2 Å². The Morgan fingerprint density at radius 2 is 0.846 bits per heavy atom. The van der Waals surface area contributed by atoms with Gasteiger partial charge in [-0.05, 0) is 96.6 Å². The van der Waals surface area contributed by atoms with Gasteiger partial charge >= 0.3 is 0 Å². The molecule has 0 fully saturated rings. The molecule has 1 aromatic heterocycles. The molecular formula is C62H44N2Si. The molecule has 0 N–H and O–H groups in total. The predicted molar refractivity (Wildman–Crippen MR) is 280 cm³/mol. The molecule has 2 nitrogen and oxygen atoms in total. The van der Waals surface area contributed by atoms with Crippen molar-refractivity contribution in [3.05, 3.63) is 267 Å². The Balaban J connectivity index is 1.17. The molecule has 12 rings (SSSR count). The third-order valence-electron chi connectivity index (χ3n) is 13.3. The smallest absolute Gasteiger partial charge is 0.179 e. The molecule has 0 aliphatic rings. The minimum absolute atomic E-state index is 1.09. The van der Waals surface area contributed by atoms with Gasteiger partial charge in [0.2, 0.25) is 0 Å². The van der Waals surface area contributed by atoms with E-state index in [1.807, 2.05) is 0 Å². The van der Waals surface area contributed by atoms with E-state index in [4.69, 9.17) is 0 Å². The molecule has 3 heteroatoms. The monoisotopic (exact) mass is 844 g/mol. The first-order chi connectivity index (χ1) is 32.3. The molecular weight excluding hydrogens is 801 g/mol. The third-order valence-corrected chi connectivity index (χ3v) is 18.1. The molecule has 0 aliphatic heterocycles. The van der Waals surface area contributed by atoms with E-state index in [1.165, 1.54) is 75.2 Å². The number of anilines is 3. The van der Waals surface area contributed by atoms with Gasteiger partial charge in [0, 0.05) is 33.2 Å². The highest BCUT2D eigenvalue weighted by molar-refractivity contribution is 7.19. The van der Waals surface area contributed by atoms with Gasteiger partial charge in [-0.15, -0.1) is 0 Å². The number of nitrogens with zero attached hydrogens (tertiary/aromatic N) is 2. The van der Waals surface area contributed by atoms with E-state index in [0.29, 0.717) is 0 Å². The average molecular weight is 845 g/mol. The molecule has 0 saturated carbocycles. The molecule has 306 valence electrons. The zero-order valence-electron chi connectivity index (χ0n) is 35.8. The quantitative estimate of drug-likeness (QED) is 0.104. The van der Waals surface area contributed by atoms with E-state index >= 15 is 0 Å². The van der Waals surface area contributed by atoms with Crippen LogP contribution in [0.2, 0.25) is 0 Å². The van der Waals surface area contributed by atoms with Crippen molar-refractivity contribution in [2.45, 2.75) is 0 Å². The molecule has 0 spiro atoms. The van der Waals surface area contributed by atoms with Crippen LogP contribution in [0.5, 0.6) is 0 Å². The van der Waals surface area contributed by atoms with Crippen molar-refractivity contribution >= 4 is 89.2 Å². The van der Waals surface area contributed by atoms with Crippen molar-refractivity contribution in [2.75, 3.05) is 4.90 Å². The van der Waals surface area contributed by atoms with Gasteiger partial charge in [-0.3, -0.25) is 0 Å². The molecule has 12 aromatic rings. The second-order valence-corrected chi connectivity index (χ2v) is 20.6. The highest BCUT2D eigenvalue weighted by Gasteiger charge is 2.41. The lowest BCUT2D eigenvalue weighted by atomic mass is 9.97. The summed E-state index contributed by atoms with van der Waals surface area (Å²) >= 11 is 0. The Morgan fingerprint density at radius 3 is 1.51 bits per heavy atom. The van der Waals surface area contributed by atoms with E-state index in [9.17, 15) is 0 Å². The Kier molecular flexibility index (Phi) is 9.55. The molecule has 0 bridgehead atoms. The number of para-hydroxylation sites is 2. The predicted octanol–water partition coefficient (Wildman–Crippen LogP) is 13.6. The first-order valence-electron chi connectivity index (χ1n) is 22.4. The summed E-state index contributed by atoms with van der Waals surface area (Å²) in [7, 11) is -2.87. The fourth-order valence-corrected chi connectivity index (χ4v) is 15.3. The summed E-state index contributed by atoms with van der Waals surface area (Å²) in [5.41, 5.74) is 9.25. The number of benzene rings is 11. The molecule has 1 heterocycles. The lowest BCUT2D eigenvalue weighted by Crippen LogP contribution is -2.74. The fourth-order valence-electron chi connectivity index (χ4n) is 10.5. The van der Waals surface area contributed by atoms with E-state index in [0.717, 1.165) is 22.7 Å². The Hall–Kier alpha value is -8.24. The summed E-state index contributed by atoms with van der Waals surface area (Å²) < 4.78 is 2.47. The second kappa shape index (κ2) is 16.1. The van der Waals surface area contributed by atoms with Crippen molar-refractivity contribution in [2.24, 2.45) is 0 Å². The van der Waals surface area contributed by atoms with E-state index in [1.54, 1.807) is 0 Å². The summed E-state index contributed by atoms with van der Waals surface area (Å²) in [6.45, 7) is 0. The summed E-state index contributed by atoms with van der Waals surface area (Å²) in [6.07, 6.45) is 0. The fraction of sp³-hybridized carbons (Fsp3) is 0.